The summed E-state index contributed by atoms with van der Waals surface area (Å²) in [5, 5.41) is 3.90. The number of aryl methyl sites for hydroxylation is 2. The minimum Gasteiger partial charge on any atom is -0.354 e. The zero-order valence-corrected chi connectivity index (χ0v) is 12.3. The lowest BCUT2D eigenvalue weighted by Crippen LogP contribution is -1.86. The number of hydrogen-bond acceptors (Lipinski definition) is 0. The van der Waals surface area contributed by atoms with Crippen molar-refractivity contribution < 1.29 is 0 Å². The van der Waals surface area contributed by atoms with Gasteiger partial charge in [-0.3, -0.25) is 0 Å². The van der Waals surface area contributed by atoms with Gasteiger partial charge in [0, 0.05) is 16.5 Å². The summed E-state index contributed by atoms with van der Waals surface area (Å²) in [6.45, 7) is 4.36. The Morgan fingerprint density at radius 2 is 1.48 bits per heavy atom. The SMILES string of the molecule is Cc1cc(-c2[nH]c3ccccc3c2C)c2ccccc2c1. The molecule has 3 aromatic carbocycles. The number of nitrogens with one attached hydrogen (secondary N) is 1. The molecule has 1 heteroatoms. The van der Waals surface area contributed by atoms with Crippen LogP contribution in [0.25, 0.3) is 32.9 Å². The zero-order chi connectivity index (χ0) is 14.4. The fourth-order valence-electron chi connectivity index (χ4n) is 3.22. The van der Waals surface area contributed by atoms with E-state index < -0.39 is 0 Å². The number of aromatic amines is 1. The average Bonchev–Trinajstić information content (AvgIpc) is 2.84. The maximum absolute atomic E-state index is 3.60. The predicted octanol–water partition coefficient (Wildman–Crippen LogP) is 5.60. The summed E-state index contributed by atoms with van der Waals surface area (Å²) in [7, 11) is 0. The summed E-state index contributed by atoms with van der Waals surface area (Å²) in [6, 6.07) is 21.6. The molecule has 0 aliphatic carbocycles. The topological polar surface area (TPSA) is 15.8 Å². The van der Waals surface area contributed by atoms with Crippen LogP contribution in [-0.4, -0.2) is 4.98 Å². The summed E-state index contributed by atoms with van der Waals surface area (Å²) in [5.74, 6) is 0. The Bertz CT molecular complexity index is 960. The number of fused-ring (bicyclic) bond motifs is 2. The molecule has 1 aromatic heterocycles. The van der Waals surface area contributed by atoms with Crippen LogP contribution in [0.1, 0.15) is 11.1 Å². The molecule has 0 saturated carbocycles. The Hall–Kier alpha value is -2.54. The summed E-state index contributed by atoms with van der Waals surface area (Å²) >= 11 is 0. The van der Waals surface area contributed by atoms with Gasteiger partial charge in [0.2, 0.25) is 0 Å². The van der Waals surface area contributed by atoms with Gasteiger partial charge in [-0.2, -0.15) is 0 Å². The van der Waals surface area contributed by atoms with E-state index in [1.54, 1.807) is 0 Å². The number of rotatable bonds is 1. The van der Waals surface area contributed by atoms with E-state index in [0.29, 0.717) is 0 Å². The van der Waals surface area contributed by atoms with Gasteiger partial charge in [0.05, 0.1) is 5.69 Å². The van der Waals surface area contributed by atoms with Crippen molar-refractivity contribution in [3.8, 4) is 11.3 Å². The third kappa shape index (κ3) is 1.85. The van der Waals surface area contributed by atoms with Gasteiger partial charge in [0.1, 0.15) is 0 Å². The summed E-state index contributed by atoms with van der Waals surface area (Å²) in [6.07, 6.45) is 0. The van der Waals surface area contributed by atoms with Crippen LogP contribution in [0.3, 0.4) is 0 Å². The highest BCUT2D eigenvalue weighted by molar-refractivity contribution is 6.00. The molecule has 0 aliphatic rings. The molecular weight excluding hydrogens is 254 g/mol. The second-order valence-corrected chi connectivity index (χ2v) is 5.70. The van der Waals surface area contributed by atoms with Gasteiger partial charge in [-0.15, -0.1) is 0 Å². The molecular formula is C20H17N. The van der Waals surface area contributed by atoms with Crippen LogP contribution in [0.15, 0.2) is 60.7 Å². The van der Waals surface area contributed by atoms with Crippen molar-refractivity contribution in [2.24, 2.45) is 0 Å². The van der Waals surface area contributed by atoms with Gasteiger partial charge in [-0.05, 0) is 47.9 Å². The molecule has 0 bridgehead atoms. The van der Waals surface area contributed by atoms with Crippen molar-refractivity contribution in [2.45, 2.75) is 13.8 Å². The monoisotopic (exact) mass is 271 g/mol. The first-order valence-corrected chi connectivity index (χ1v) is 7.31. The first-order chi connectivity index (χ1) is 10.2. The fraction of sp³-hybridized carbons (Fsp3) is 0.100. The smallest absolute Gasteiger partial charge is 0.0500 e. The number of hydrogen-bond donors (Lipinski definition) is 1. The summed E-state index contributed by atoms with van der Waals surface area (Å²) < 4.78 is 0. The molecule has 0 spiro atoms. The normalized spacial score (nSPS) is 11.3. The quantitative estimate of drug-likeness (QED) is 0.463. The Morgan fingerprint density at radius 1 is 0.762 bits per heavy atom. The molecule has 0 aliphatic heterocycles. The van der Waals surface area contributed by atoms with E-state index in [-0.39, 0.29) is 0 Å². The van der Waals surface area contributed by atoms with Crippen molar-refractivity contribution in [1.29, 1.82) is 0 Å². The largest absolute Gasteiger partial charge is 0.354 e. The maximum Gasteiger partial charge on any atom is 0.0500 e. The summed E-state index contributed by atoms with van der Waals surface area (Å²) in [5.41, 5.74) is 6.34. The van der Waals surface area contributed by atoms with Crippen LogP contribution in [0.4, 0.5) is 0 Å². The summed E-state index contributed by atoms with van der Waals surface area (Å²) in [4.78, 5) is 3.60. The van der Waals surface area contributed by atoms with Crippen molar-refractivity contribution >= 4 is 21.7 Å². The Morgan fingerprint density at radius 3 is 2.29 bits per heavy atom. The highest BCUT2D eigenvalue weighted by atomic mass is 14.7. The predicted molar refractivity (Wildman–Crippen MR) is 90.7 cm³/mol. The van der Waals surface area contributed by atoms with Gasteiger partial charge in [0.15, 0.2) is 0 Å². The van der Waals surface area contributed by atoms with Crippen LogP contribution in [0, 0.1) is 13.8 Å². The van der Waals surface area contributed by atoms with Crippen molar-refractivity contribution in [3.63, 3.8) is 0 Å². The van der Waals surface area contributed by atoms with Crippen molar-refractivity contribution in [3.05, 3.63) is 71.8 Å². The third-order valence-electron chi connectivity index (χ3n) is 4.24. The fourth-order valence-corrected chi connectivity index (χ4v) is 3.22. The minimum absolute atomic E-state index is 1.20. The zero-order valence-electron chi connectivity index (χ0n) is 12.3. The van der Waals surface area contributed by atoms with Crippen LogP contribution in [-0.2, 0) is 0 Å². The van der Waals surface area contributed by atoms with E-state index in [9.17, 15) is 0 Å². The van der Waals surface area contributed by atoms with E-state index in [0.717, 1.165) is 0 Å². The lowest BCUT2D eigenvalue weighted by Gasteiger charge is -2.08. The molecule has 0 amide bonds. The first kappa shape index (κ1) is 12.2. The number of para-hydroxylation sites is 1. The molecule has 1 N–H and O–H groups in total. The minimum atomic E-state index is 1.20. The number of aromatic nitrogens is 1. The van der Waals surface area contributed by atoms with Gasteiger partial charge in [-0.1, -0.05) is 48.5 Å². The molecule has 1 heterocycles. The lowest BCUT2D eigenvalue weighted by molar-refractivity contribution is 1.40. The van der Waals surface area contributed by atoms with Crippen LogP contribution in [0.5, 0.6) is 0 Å². The molecule has 4 rings (SSSR count). The second-order valence-electron chi connectivity index (χ2n) is 5.70. The van der Waals surface area contributed by atoms with Gasteiger partial charge in [0.25, 0.3) is 0 Å². The lowest BCUT2D eigenvalue weighted by atomic mass is 9.97. The van der Waals surface area contributed by atoms with E-state index in [2.05, 4.69) is 79.5 Å². The van der Waals surface area contributed by atoms with Crippen LogP contribution >= 0.6 is 0 Å². The highest BCUT2D eigenvalue weighted by Gasteiger charge is 2.12. The molecule has 21 heavy (non-hydrogen) atoms. The molecule has 1 nitrogen and oxygen atoms in total. The van der Waals surface area contributed by atoms with Crippen LogP contribution in [0.2, 0.25) is 0 Å². The van der Waals surface area contributed by atoms with E-state index in [1.165, 1.54) is 44.1 Å². The molecule has 0 fully saturated rings. The van der Waals surface area contributed by atoms with Crippen molar-refractivity contribution in [1.82, 2.24) is 4.98 Å². The highest BCUT2D eigenvalue weighted by Crippen LogP contribution is 2.34. The molecule has 0 saturated heterocycles. The average molecular weight is 271 g/mol. The van der Waals surface area contributed by atoms with E-state index in [4.69, 9.17) is 0 Å². The first-order valence-electron chi connectivity index (χ1n) is 7.31. The van der Waals surface area contributed by atoms with Gasteiger partial charge < -0.3 is 4.98 Å². The van der Waals surface area contributed by atoms with Gasteiger partial charge >= 0.3 is 0 Å². The number of benzene rings is 3. The molecule has 0 atom stereocenters. The Balaban J connectivity index is 2.11. The van der Waals surface area contributed by atoms with E-state index in [1.807, 2.05) is 0 Å². The maximum atomic E-state index is 3.60. The molecule has 0 unspecified atom stereocenters. The molecule has 0 radical (unpaired) electrons. The number of H-pyrrole nitrogens is 1. The van der Waals surface area contributed by atoms with Crippen LogP contribution < -0.4 is 0 Å². The standard InChI is InChI=1S/C20H17N/c1-13-11-15-7-3-4-9-17(15)18(12-13)20-14(2)16-8-5-6-10-19(16)21-20/h3-12,21H,1-2H3. The molecule has 102 valence electrons. The Labute approximate surface area is 124 Å². The van der Waals surface area contributed by atoms with Gasteiger partial charge in [-0.25, -0.2) is 0 Å². The molecule has 4 aromatic rings. The third-order valence-corrected chi connectivity index (χ3v) is 4.24. The van der Waals surface area contributed by atoms with Crippen molar-refractivity contribution in [2.75, 3.05) is 0 Å². The Kier molecular flexibility index (Phi) is 2.61. The second kappa shape index (κ2) is 4.49. The van der Waals surface area contributed by atoms with E-state index >= 15 is 0 Å².